The molecular formula is C7H8ClFN2. The molecule has 1 heterocycles. The van der Waals surface area contributed by atoms with Gasteiger partial charge >= 0.3 is 0 Å². The molecule has 0 aliphatic carbocycles. The van der Waals surface area contributed by atoms with E-state index in [1.165, 1.54) is 6.07 Å². The highest BCUT2D eigenvalue weighted by Gasteiger charge is 2.01. The number of halogens is 2. The number of nitrogens with one attached hydrogen (secondary N) is 1. The Morgan fingerprint density at radius 3 is 3.09 bits per heavy atom. The lowest BCUT2D eigenvalue weighted by Gasteiger charge is -2.00. The molecule has 0 fully saturated rings. The van der Waals surface area contributed by atoms with Crippen molar-refractivity contribution in [1.29, 1.82) is 0 Å². The lowest BCUT2D eigenvalue weighted by Crippen LogP contribution is -2.06. The highest BCUT2D eigenvalue weighted by Crippen LogP contribution is 2.12. The van der Waals surface area contributed by atoms with Crippen molar-refractivity contribution in [2.45, 2.75) is 6.54 Å². The maximum atomic E-state index is 12.5. The topological polar surface area (TPSA) is 24.9 Å². The lowest BCUT2D eigenvalue weighted by molar-refractivity contribution is 0.616. The van der Waals surface area contributed by atoms with E-state index in [2.05, 4.69) is 10.3 Å². The van der Waals surface area contributed by atoms with Crippen molar-refractivity contribution in [2.75, 3.05) is 7.05 Å². The van der Waals surface area contributed by atoms with Crippen LogP contribution < -0.4 is 5.32 Å². The summed E-state index contributed by atoms with van der Waals surface area (Å²) in [5.41, 5.74) is 0.675. The van der Waals surface area contributed by atoms with Crippen molar-refractivity contribution in [3.8, 4) is 0 Å². The third-order valence-electron chi connectivity index (χ3n) is 1.25. The molecule has 0 bridgehead atoms. The van der Waals surface area contributed by atoms with Crippen LogP contribution in [0.2, 0.25) is 5.15 Å². The zero-order valence-corrected chi connectivity index (χ0v) is 6.82. The van der Waals surface area contributed by atoms with Gasteiger partial charge in [0, 0.05) is 12.1 Å². The molecule has 0 saturated heterocycles. The Hall–Kier alpha value is -0.670. The van der Waals surface area contributed by atoms with Gasteiger partial charge in [0.25, 0.3) is 0 Å². The van der Waals surface area contributed by atoms with Crippen molar-refractivity contribution >= 4 is 11.6 Å². The lowest BCUT2D eigenvalue weighted by atomic mass is 10.3. The van der Waals surface area contributed by atoms with E-state index in [0.717, 1.165) is 6.20 Å². The fraction of sp³-hybridized carbons (Fsp3) is 0.286. The van der Waals surface area contributed by atoms with Crippen LogP contribution >= 0.6 is 11.6 Å². The average Bonchev–Trinajstić information content (AvgIpc) is 1.98. The fourth-order valence-electron chi connectivity index (χ4n) is 0.779. The molecular weight excluding hydrogens is 167 g/mol. The molecule has 0 radical (unpaired) electrons. The van der Waals surface area contributed by atoms with Crippen LogP contribution in [0.15, 0.2) is 12.3 Å². The summed E-state index contributed by atoms with van der Waals surface area (Å²) in [6.07, 6.45) is 1.10. The standard InChI is InChI=1S/C7H8ClFN2/c1-10-3-5-2-6(9)4-11-7(5)8/h2,4,10H,3H2,1H3. The molecule has 0 spiro atoms. The van der Waals surface area contributed by atoms with Crippen LogP contribution in [-0.2, 0) is 6.54 Å². The normalized spacial score (nSPS) is 10.1. The highest BCUT2D eigenvalue weighted by molar-refractivity contribution is 6.30. The van der Waals surface area contributed by atoms with E-state index in [4.69, 9.17) is 11.6 Å². The van der Waals surface area contributed by atoms with Gasteiger partial charge in [-0.05, 0) is 13.1 Å². The first-order valence-corrected chi connectivity index (χ1v) is 3.56. The minimum absolute atomic E-state index is 0.348. The number of rotatable bonds is 2. The number of hydrogen-bond acceptors (Lipinski definition) is 2. The van der Waals surface area contributed by atoms with Crippen LogP contribution in [0.25, 0.3) is 0 Å². The fourth-order valence-corrected chi connectivity index (χ4v) is 0.949. The van der Waals surface area contributed by atoms with Gasteiger partial charge in [-0.25, -0.2) is 9.37 Å². The molecule has 1 N–H and O–H groups in total. The van der Waals surface area contributed by atoms with E-state index in [1.54, 1.807) is 7.05 Å². The van der Waals surface area contributed by atoms with Crippen molar-refractivity contribution in [2.24, 2.45) is 0 Å². The van der Waals surface area contributed by atoms with Gasteiger partial charge in [0.2, 0.25) is 0 Å². The zero-order chi connectivity index (χ0) is 8.27. The molecule has 0 aromatic carbocycles. The molecule has 0 unspecified atom stereocenters. The SMILES string of the molecule is CNCc1cc(F)cnc1Cl. The molecule has 1 rings (SSSR count). The predicted molar refractivity (Wildman–Crippen MR) is 42.0 cm³/mol. The van der Waals surface area contributed by atoms with Gasteiger partial charge in [-0.1, -0.05) is 11.6 Å². The predicted octanol–water partition coefficient (Wildman–Crippen LogP) is 1.59. The Bertz CT molecular complexity index is 252. The summed E-state index contributed by atoms with van der Waals surface area (Å²) in [7, 11) is 1.77. The zero-order valence-electron chi connectivity index (χ0n) is 6.06. The van der Waals surface area contributed by atoms with Gasteiger partial charge in [-0.15, -0.1) is 0 Å². The van der Waals surface area contributed by atoms with E-state index in [1.807, 2.05) is 0 Å². The van der Waals surface area contributed by atoms with Crippen molar-refractivity contribution in [3.05, 3.63) is 28.8 Å². The Labute approximate surface area is 69.4 Å². The monoisotopic (exact) mass is 174 g/mol. The van der Waals surface area contributed by atoms with Gasteiger partial charge in [-0.3, -0.25) is 0 Å². The Balaban J connectivity index is 2.93. The van der Waals surface area contributed by atoms with Crippen LogP contribution in [0, 0.1) is 5.82 Å². The summed E-state index contributed by atoms with van der Waals surface area (Å²) in [5.74, 6) is -0.361. The molecule has 4 heteroatoms. The number of hydrogen-bond donors (Lipinski definition) is 1. The number of nitrogens with zero attached hydrogens (tertiary/aromatic N) is 1. The molecule has 1 aromatic heterocycles. The van der Waals surface area contributed by atoms with E-state index in [0.29, 0.717) is 17.3 Å². The second kappa shape index (κ2) is 3.64. The molecule has 2 nitrogen and oxygen atoms in total. The summed E-state index contributed by atoms with van der Waals surface area (Å²) in [6, 6.07) is 1.37. The highest BCUT2D eigenvalue weighted by atomic mass is 35.5. The van der Waals surface area contributed by atoms with E-state index < -0.39 is 0 Å². The molecule has 11 heavy (non-hydrogen) atoms. The largest absolute Gasteiger partial charge is 0.316 e. The third kappa shape index (κ3) is 2.13. The Morgan fingerprint density at radius 2 is 2.45 bits per heavy atom. The summed E-state index contributed by atoms with van der Waals surface area (Å²) in [5, 5.41) is 3.21. The summed E-state index contributed by atoms with van der Waals surface area (Å²) in [4.78, 5) is 3.65. The molecule has 0 aliphatic heterocycles. The minimum atomic E-state index is -0.361. The van der Waals surface area contributed by atoms with Gasteiger partial charge in [0.1, 0.15) is 11.0 Å². The van der Waals surface area contributed by atoms with Crippen LogP contribution in [-0.4, -0.2) is 12.0 Å². The molecule has 1 aromatic rings. The van der Waals surface area contributed by atoms with Gasteiger partial charge in [0.15, 0.2) is 0 Å². The van der Waals surface area contributed by atoms with Crippen molar-refractivity contribution in [3.63, 3.8) is 0 Å². The Kier molecular flexibility index (Phi) is 2.79. The quantitative estimate of drug-likeness (QED) is 0.689. The van der Waals surface area contributed by atoms with E-state index in [-0.39, 0.29) is 5.82 Å². The second-order valence-electron chi connectivity index (χ2n) is 2.13. The average molecular weight is 175 g/mol. The maximum Gasteiger partial charge on any atom is 0.141 e. The van der Waals surface area contributed by atoms with Crippen LogP contribution in [0.4, 0.5) is 4.39 Å². The molecule has 0 aliphatic rings. The molecule has 0 atom stereocenters. The Morgan fingerprint density at radius 1 is 1.73 bits per heavy atom. The third-order valence-corrected chi connectivity index (χ3v) is 1.59. The molecule has 60 valence electrons. The first-order chi connectivity index (χ1) is 5.24. The van der Waals surface area contributed by atoms with Gasteiger partial charge < -0.3 is 5.32 Å². The first-order valence-electron chi connectivity index (χ1n) is 3.18. The summed E-state index contributed by atoms with van der Waals surface area (Å²) in [6.45, 7) is 0.531. The van der Waals surface area contributed by atoms with Crippen LogP contribution in [0.3, 0.4) is 0 Å². The van der Waals surface area contributed by atoms with Crippen molar-refractivity contribution < 1.29 is 4.39 Å². The minimum Gasteiger partial charge on any atom is -0.316 e. The van der Waals surface area contributed by atoms with Gasteiger partial charge in [0.05, 0.1) is 6.20 Å². The first kappa shape index (κ1) is 8.43. The van der Waals surface area contributed by atoms with Crippen LogP contribution in [0.5, 0.6) is 0 Å². The number of aromatic nitrogens is 1. The summed E-state index contributed by atoms with van der Waals surface area (Å²) < 4.78 is 12.5. The second-order valence-corrected chi connectivity index (χ2v) is 2.49. The maximum absolute atomic E-state index is 12.5. The molecule has 0 amide bonds. The van der Waals surface area contributed by atoms with Gasteiger partial charge in [-0.2, -0.15) is 0 Å². The van der Waals surface area contributed by atoms with E-state index in [9.17, 15) is 4.39 Å². The van der Waals surface area contributed by atoms with Crippen LogP contribution in [0.1, 0.15) is 5.56 Å². The van der Waals surface area contributed by atoms with E-state index >= 15 is 0 Å². The van der Waals surface area contributed by atoms with Crippen molar-refractivity contribution in [1.82, 2.24) is 10.3 Å². The smallest absolute Gasteiger partial charge is 0.141 e. The number of pyridine rings is 1. The molecule has 0 saturated carbocycles. The summed E-state index contributed by atoms with van der Waals surface area (Å²) >= 11 is 5.66.